The third-order valence-corrected chi connectivity index (χ3v) is 2.86. The molecular weight excluding hydrogens is 210 g/mol. The van der Waals surface area contributed by atoms with E-state index >= 15 is 0 Å². The quantitative estimate of drug-likeness (QED) is 0.484. The highest BCUT2D eigenvalue weighted by Crippen LogP contribution is 2.03. The number of thiocarbonyl (C=S) groups is 1. The summed E-state index contributed by atoms with van der Waals surface area (Å²) in [6, 6.07) is 0. The van der Waals surface area contributed by atoms with Crippen molar-refractivity contribution in [1.82, 2.24) is 9.80 Å². The number of nitrogens with zero attached hydrogens (tertiary/aromatic N) is 2. The second kappa shape index (κ2) is 7.11. The molecule has 15 heavy (non-hydrogen) atoms. The molecule has 0 aromatic carbocycles. The predicted molar refractivity (Wildman–Crippen MR) is 66.0 cm³/mol. The first-order chi connectivity index (χ1) is 7.22. The Labute approximate surface area is 97.0 Å². The fraction of sp³-hybridized carbons (Fsp3) is 0.900. The molecule has 1 aliphatic rings. The van der Waals surface area contributed by atoms with Crippen LogP contribution < -0.4 is 5.73 Å². The minimum Gasteiger partial charge on any atom is -0.396 e. The van der Waals surface area contributed by atoms with Crippen LogP contribution in [0.15, 0.2) is 0 Å². The van der Waals surface area contributed by atoms with Crippen molar-refractivity contribution in [2.45, 2.75) is 12.8 Å². The molecule has 1 fully saturated rings. The average molecular weight is 231 g/mol. The van der Waals surface area contributed by atoms with E-state index in [1.54, 1.807) is 0 Å². The Kier molecular flexibility index (Phi) is 6.09. The van der Waals surface area contributed by atoms with Gasteiger partial charge >= 0.3 is 0 Å². The van der Waals surface area contributed by atoms with Crippen LogP contribution >= 0.6 is 12.2 Å². The van der Waals surface area contributed by atoms with Crippen LogP contribution in [0.25, 0.3) is 0 Å². The highest BCUT2D eigenvalue weighted by Gasteiger charge is 2.16. The molecule has 1 heterocycles. The largest absolute Gasteiger partial charge is 0.396 e. The number of unbranched alkanes of at least 4 members (excludes halogenated alkanes) is 1. The molecule has 1 rings (SSSR count). The van der Waals surface area contributed by atoms with E-state index in [-0.39, 0.29) is 0 Å². The summed E-state index contributed by atoms with van der Waals surface area (Å²) in [7, 11) is 0. The molecule has 4 nitrogen and oxygen atoms in total. The third kappa shape index (κ3) is 5.41. The van der Waals surface area contributed by atoms with E-state index in [4.69, 9.17) is 23.1 Å². The molecule has 0 spiro atoms. The number of hydrogen-bond donors (Lipinski definition) is 2. The van der Waals surface area contributed by atoms with Crippen LogP contribution in [-0.2, 0) is 0 Å². The summed E-state index contributed by atoms with van der Waals surface area (Å²) in [4.78, 5) is 5.32. The van der Waals surface area contributed by atoms with Gasteiger partial charge in [-0.05, 0) is 19.4 Å². The summed E-state index contributed by atoms with van der Waals surface area (Å²) in [5.41, 5.74) is 5.50. The number of rotatable bonds is 6. The van der Waals surface area contributed by atoms with Gasteiger partial charge in [0.2, 0.25) is 0 Å². The van der Waals surface area contributed by atoms with Crippen LogP contribution in [0.3, 0.4) is 0 Å². The van der Waals surface area contributed by atoms with Gasteiger partial charge in [0.15, 0.2) is 0 Å². The van der Waals surface area contributed by atoms with E-state index in [1.165, 1.54) is 0 Å². The third-order valence-electron chi connectivity index (χ3n) is 2.73. The lowest BCUT2D eigenvalue weighted by Crippen LogP contribution is -2.48. The number of aliphatic hydroxyl groups is 1. The Morgan fingerprint density at radius 3 is 2.27 bits per heavy atom. The Morgan fingerprint density at radius 1 is 1.13 bits per heavy atom. The minimum absolute atomic E-state index is 0.307. The first-order valence-corrected chi connectivity index (χ1v) is 5.97. The van der Waals surface area contributed by atoms with Gasteiger partial charge in [-0.25, -0.2) is 0 Å². The Hall–Kier alpha value is -0.230. The molecule has 0 aromatic heterocycles. The van der Waals surface area contributed by atoms with E-state index in [0.717, 1.165) is 52.1 Å². The van der Waals surface area contributed by atoms with E-state index in [0.29, 0.717) is 11.6 Å². The van der Waals surface area contributed by atoms with Crippen molar-refractivity contribution in [3.8, 4) is 0 Å². The second-order valence-electron chi connectivity index (χ2n) is 4.01. The van der Waals surface area contributed by atoms with Gasteiger partial charge in [-0.2, -0.15) is 0 Å². The van der Waals surface area contributed by atoms with Gasteiger partial charge in [0, 0.05) is 39.3 Å². The molecule has 0 bridgehead atoms. The normalized spacial score (nSPS) is 19.3. The summed E-state index contributed by atoms with van der Waals surface area (Å²) >= 11 is 4.89. The van der Waals surface area contributed by atoms with Gasteiger partial charge < -0.3 is 15.7 Å². The average Bonchev–Trinajstić information content (AvgIpc) is 2.20. The molecule has 0 radical (unpaired) electrons. The van der Waals surface area contributed by atoms with Crippen LogP contribution in [0.1, 0.15) is 12.8 Å². The van der Waals surface area contributed by atoms with Gasteiger partial charge in [-0.15, -0.1) is 0 Å². The Balaban J connectivity index is 2.10. The molecular formula is C10H21N3OS. The molecule has 3 N–H and O–H groups in total. The fourth-order valence-electron chi connectivity index (χ4n) is 1.84. The zero-order chi connectivity index (χ0) is 11.1. The van der Waals surface area contributed by atoms with Crippen molar-refractivity contribution in [2.75, 3.05) is 45.9 Å². The Bertz CT molecular complexity index is 193. The molecule has 88 valence electrons. The number of aliphatic hydroxyl groups excluding tert-OH is 1. The second-order valence-corrected chi connectivity index (χ2v) is 4.54. The van der Waals surface area contributed by atoms with E-state index in [1.807, 2.05) is 0 Å². The lowest BCUT2D eigenvalue weighted by Gasteiger charge is -2.34. The summed E-state index contributed by atoms with van der Waals surface area (Å²) < 4.78 is 0. The van der Waals surface area contributed by atoms with Crippen LogP contribution in [0, 0.1) is 0 Å². The van der Waals surface area contributed by atoms with Crippen LogP contribution in [0.2, 0.25) is 0 Å². The zero-order valence-corrected chi connectivity index (χ0v) is 10.0. The SMILES string of the molecule is NC(=S)CN1CCN(CCCCO)CC1. The molecule has 0 unspecified atom stereocenters. The molecule has 1 aliphatic heterocycles. The van der Waals surface area contributed by atoms with E-state index < -0.39 is 0 Å². The van der Waals surface area contributed by atoms with E-state index in [9.17, 15) is 0 Å². The number of nitrogens with two attached hydrogens (primary N) is 1. The van der Waals surface area contributed by atoms with Crippen molar-refractivity contribution < 1.29 is 5.11 Å². The van der Waals surface area contributed by atoms with Crippen molar-refractivity contribution in [1.29, 1.82) is 0 Å². The van der Waals surface area contributed by atoms with Crippen molar-refractivity contribution in [3.63, 3.8) is 0 Å². The molecule has 0 aliphatic carbocycles. The van der Waals surface area contributed by atoms with Gasteiger partial charge in [-0.1, -0.05) is 12.2 Å². The first-order valence-electron chi connectivity index (χ1n) is 5.56. The standard InChI is InChI=1S/C10H21N3OS/c11-10(15)9-13-6-4-12(5-7-13)3-1-2-8-14/h14H,1-9H2,(H2,11,15). The maximum atomic E-state index is 8.68. The van der Waals surface area contributed by atoms with Crippen molar-refractivity contribution >= 4 is 17.2 Å². The van der Waals surface area contributed by atoms with Crippen molar-refractivity contribution in [3.05, 3.63) is 0 Å². The topological polar surface area (TPSA) is 52.7 Å². The highest BCUT2D eigenvalue weighted by atomic mass is 32.1. The molecule has 0 saturated carbocycles. The van der Waals surface area contributed by atoms with Crippen LogP contribution in [0.4, 0.5) is 0 Å². The molecule has 1 saturated heterocycles. The number of piperazine rings is 1. The monoisotopic (exact) mass is 231 g/mol. The molecule has 5 heteroatoms. The molecule has 0 aromatic rings. The summed E-state index contributed by atoms with van der Waals surface area (Å²) in [6.07, 6.45) is 2.00. The van der Waals surface area contributed by atoms with Gasteiger partial charge in [0.1, 0.15) is 0 Å². The summed E-state index contributed by atoms with van der Waals surface area (Å²) in [5, 5.41) is 8.68. The maximum absolute atomic E-state index is 8.68. The predicted octanol–water partition coefficient (Wildman–Crippen LogP) is -0.337. The lowest BCUT2D eigenvalue weighted by molar-refractivity contribution is 0.141. The van der Waals surface area contributed by atoms with Crippen LogP contribution in [0.5, 0.6) is 0 Å². The summed E-state index contributed by atoms with van der Waals surface area (Å²) in [5.74, 6) is 0. The fourth-order valence-corrected chi connectivity index (χ4v) is 2.02. The van der Waals surface area contributed by atoms with Gasteiger partial charge in [-0.3, -0.25) is 4.90 Å². The van der Waals surface area contributed by atoms with Gasteiger partial charge in [0.25, 0.3) is 0 Å². The minimum atomic E-state index is 0.307. The molecule has 0 amide bonds. The van der Waals surface area contributed by atoms with Gasteiger partial charge in [0.05, 0.1) is 4.99 Å². The number of hydrogen-bond acceptors (Lipinski definition) is 4. The Morgan fingerprint density at radius 2 is 1.73 bits per heavy atom. The summed E-state index contributed by atoms with van der Waals surface area (Å²) in [6.45, 7) is 6.44. The van der Waals surface area contributed by atoms with E-state index in [2.05, 4.69) is 9.80 Å². The zero-order valence-electron chi connectivity index (χ0n) is 9.19. The maximum Gasteiger partial charge on any atom is 0.0870 e. The smallest absolute Gasteiger partial charge is 0.0870 e. The molecule has 0 atom stereocenters. The lowest BCUT2D eigenvalue weighted by atomic mass is 10.2. The van der Waals surface area contributed by atoms with Crippen LogP contribution in [-0.4, -0.2) is 65.8 Å². The first kappa shape index (κ1) is 12.8. The van der Waals surface area contributed by atoms with Crippen molar-refractivity contribution in [2.24, 2.45) is 5.73 Å². The highest BCUT2D eigenvalue weighted by molar-refractivity contribution is 7.80.